The molecule has 0 unspecified atom stereocenters. The molecule has 2 aromatic heterocycles. The molecule has 2 heterocycles. The maximum atomic E-state index is 13.5. The first kappa shape index (κ1) is 15.4. The zero-order valence-electron chi connectivity index (χ0n) is 12.1. The van der Waals surface area contributed by atoms with E-state index in [0.29, 0.717) is 22.6 Å². The van der Waals surface area contributed by atoms with Crippen molar-refractivity contribution in [3.05, 3.63) is 69.8 Å². The molecule has 0 saturated carbocycles. The van der Waals surface area contributed by atoms with Crippen LogP contribution in [0.25, 0.3) is 5.65 Å². The topological polar surface area (TPSA) is 58.8 Å². The van der Waals surface area contributed by atoms with Crippen molar-refractivity contribution in [3.8, 4) is 0 Å². The SMILES string of the molecule is Cc1nc2ccc(Br)cn2c1C(=O)N/N=C\c1ccccc1F. The number of aromatic nitrogens is 2. The highest BCUT2D eigenvalue weighted by atomic mass is 79.9. The number of pyridine rings is 1. The molecule has 23 heavy (non-hydrogen) atoms. The third-order valence-corrected chi connectivity index (χ3v) is 3.72. The second-order valence-electron chi connectivity index (χ2n) is 4.84. The Hall–Kier alpha value is -2.54. The van der Waals surface area contributed by atoms with E-state index in [1.54, 1.807) is 41.8 Å². The van der Waals surface area contributed by atoms with Gasteiger partial charge in [0.2, 0.25) is 0 Å². The molecular weight excluding hydrogens is 363 g/mol. The van der Waals surface area contributed by atoms with Crippen LogP contribution in [0.1, 0.15) is 21.7 Å². The molecular formula is C16H12BrFN4O. The molecule has 0 saturated heterocycles. The van der Waals surface area contributed by atoms with E-state index in [9.17, 15) is 9.18 Å². The van der Waals surface area contributed by atoms with Crippen molar-refractivity contribution in [2.45, 2.75) is 6.92 Å². The van der Waals surface area contributed by atoms with E-state index in [4.69, 9.17) is 0 Å². The van der Waals surface area contributed by atoms with Gasteiger partial charge in [-0.1, -0.05) is 18.2 Å². The van der Waals surface area contributed by atoms with Crippen LogP contribution < -0.4 is 5.43 Å². The molecule has 0 aliphatic carbocycles. The Bertz CT molecular complexity index is 920. The minimum absolute atomic E-state index is 0.297. The zero-order valence-corrected chi connectivity index (χ0v) is 13.7. The summed E-state index contributed by atoms with van der Waals surface area (Å²) in [5.41, 5.74) is 4.32. The summed E-state index contributed by atoms with van der Waals surface area (Å²) in [7, 11) is 0. The van der Waals surface area contributed by atoms with Crippen molar-refractivity contribution in [2.75, 3.05) is 0 Å². The van der Waals surface area contributed by atoms with Crippen molar-refractivity contribution < 1.29 is 9.18 Å². The smallest absolute Gasteiger partial charge is 0.290 e. The first-order valence-electron chi connectivity index (χ1n) is 6.78. The standard InChI is InChI=1S/C16H12BrFN4O/c1-10-15(22-9-12(17)6-7-14(22)20-10)16(23)21-19-8-11-4-2-3-5-13(11)18/h2-9H,1H3,(H,21,23)/b19-8-. The fourth-order valence-corrected chi connectivity index (χ4v) is 2.54. The lowest BCUT2D eigenvalue weighted by Crippen LogP contribution is -2.20. The number of carbonyl (C=O) groups excluding carboxylic acids is 1. The number of amides is 1. The summed E-state index contributed by atoms with van der Waals surface area (Å²) in [5, 5.41) is 3.81. The van der Waals surface area contributed by atoms with Gasteiger partial charge in [-0.3, -0.25) is 9.20 Å². The summed E-state index contributed by atoms with van der Waals surface area (Å²) in [6.45, 7) is 1.75. The Morgan fingerprint density at radius 3 is 2.91 bits per heavy atom. The van der Waals surface area contributed by atoms with E-state index in [2.05, 4.69) is 31.4 Å². The van der Waals surface area contributed by atoms with Crippen LogP contribution in [0.3, 0.4) is 0 Å². The number of carbonyl (C=O) groups is 1. The minimum atomic E-state index is -0.416. The van der Waals surface area contributed by atoms with Gasteiger partial charge in [0, 0.05) is 16.2 Å². The average Bonchev–Trinajstić information content (AvgIpc) is 2.84. The van der Waals surface area contributed by atoms with Crippen LogP contribution >= 0.6 is 15.9 Å². The zero-order chi connectivity index (χ0) is 16.4. The molecule has 1 N–H and O–H groups in total. The predicted octanol–water partition coefficient (Wildman–Crippen LogP) is 3.31. The van der Waals surface area contributed by atoms with Crippen LogP contribution in [0.15, 0.2) is 52.2 Å². The number of imidazole rings is 1. The van der Waals surface area contributed by atoms with Gasteiger partial charge in [-0.25, -0.2) is 14.8 Å². The molecule has 0 atom stereocenters. The molecule has 3 rings (SSSR count). The highest BCUT2D eigenvalue weighted by Crippen LogP contribution is 2.16. The second kappa shape index (κ2) is 6.29. The number of hydrazone groups is 1. The Labute approximate surface area is 140 Å². The lowest BCUT2D eigenvalue weighted by Gasteiger charge is -2.02. The number of benzene rings is 1. The van der Waals surface area contributed by atoms with E-state index in [0.717, 1.165) is 4.47 Å². The molecule has 0 fully saturated rings. The van der Waals surface area contributed by atoms with Crippen molar-refractivity contribution in [3.63, 3.8) is 0 Å². The van der Waals surface area contributed by atoms with Gasteiger partial charge < -0.3 is 0 Å². The van der Waals surface area contributed by atoms with Gasteiger partial charge >= 0.3 is 0 Å². The van der Waals surface area contributed by atoms with Crippen LogP contribution in [0.4, 0.5) is 4.39 Å². The average molecular weight is 375 g/mol. The van der Waals surface area contributed by atoms with Gasteiger partial charge in [0.1, 0.15) is 17.2 Å². The number of nitrogens with one attached hydrogen (secondary N) is 1. The lowest BCUT2D eigenvalue weighted by atomic mass is 10.2. The molecule has 116 valence electrons. The Balaban J connectivity index is 1.85. The normalized spacial score (nSPS) is 11.3. The summed E-state index contributed by atoms with van der Waals surface area (Å²) < 4.78 is 16.0. The van der Waals surface area contributed by atoms with E-state index in [1.807, 2.05) is 6.07 Å². The molecule has 0 aliphatic rings. The summed E-state index contributed by atoms with van der Waals surface area (Å²) in [6.07, 6.45) is 3.02. The summed E-state index contributed by atoms with van der Waals surface area (Å²) in [6, 6.07) is 9.83. The molecule has 3 aromatic rings. The number of aryl methyl sites for hydroxylation is 1. The molecule has 0 spiro atoms. The Morgan fingerprint density at radius 2 is 2.13 bits per heavy atom. The molecule has 1 aromatic carbocycles. The second-order valence-corrected chi connectivity index (χ2v) is 5.76. The van der Waals surface area contributed by atoms with Gasteiger partial charge in [-0.05, 0) is 41.1 Å². The van der Waals surface area contributed by atoms with Crippen LogP contribution in [-0.4, -0.2) is 21.5 Å². The van der Waals surface area contributed by atoms with Crippen LogP contribution in [0.2, 0.25) is 0 Å². The fourth-order valence-electron chi connectivity index (χ4n) is 2.20. The number of hydrogen-bond donors (Lipinski definition) is 1. The molecule has 0 radical (unpaired) electrons. The van der Waals surface area contributed by atoms with Crippen molar-refractivity contribution >= 4 is 33.7 Å². The summed E-state index contributed by atoms with van der Waals surface area (Å²) in [5.74, 6) is -0.818. The Kier molecular flexibility index (Phi) is 4.20. The van der Waals surface area contributed by atoms with Crippen molar-refractivity contribution in [2.24, 2.45) is 5.10 Å². The third kappa shape index (κ3) is 3.14. The molecule has 5 nitrogen and oxygen atoms in total. The highest BCUT2D eigenvalue weighted by Gasteiger charge is 2.16. The Morgan fingerprint density at radius 1 is 1.35 bits per heavy atom. The number of rotatable bonds is 3. The summed E-state index contributed by atoms with van der Waals surface area (Å²) >= 11 is 3.36. The van der Waals surface area contributed by atoms with Crippen molar-refractivity contribution in [1.82, 2.24) is 14.8 Å². The third-order valence-electron chi connectivity index (χ3n) is 3.25. The van der Waals surface area contributed by atoms with Crippen LogP contribution in [-0.2, 0) is 0 Å². The lowest BCUT2D eigenvalue weighted by molar-refractivity contribution is 0.0948. The quantitative estimate of drug-likeness (QED) is 0.564. The van der Waals surface area contributed by atoms with E-state index < -0.39 is 11.7 Å². The van der Waals surface area contributed by atoms with Gasteiger partial charge in [0.15, 0.2) is 0 Å². The molecule has 1 amide bonds. The first-order chi connectivity index (χ1) is 11.1. The highest BCUT2D eigenvalue weighted by molar-refractivity contribution is 9.10. The number of nitrogens with zero attached hydrogens (tertiary/aromatic N) is 3. The van der Waals surface area contributed by atoms with Crippen LogP contribution in [0, 0.1) is 12.7 Å². The molecule has 0 bridgehead atoms. The number of hydrogen-bond acceptors (Lipinski definition) is 3. The maximum absolute atomic E-state index is 13.5. The minimum Gasteiger partial charge on any atom is -0.294 e. The first-order valence-corrected chi connectivity index (χ1v) is 7.57. The number of halogens is 2. The van der Waals surface area contributed by atoms with E-state index in [-0.39, 0.29) is 0 Å². The van der Waals surface area contributed by atoms with Crippen LogP contribution in [0.5, 0.6) is 0 Å². The van der Waals surface area contributed by atoms with Gasteiger partial charge in [0.05, 0.1) is 11.9 Å². The monoisotopic (exact) mass is 374 g/mol. The van der Waals surface area contributed by atoms with Gasteiger partial charge in [0.25, 0.3) is 5.91 Å². The van der Waals surface area contributed by atoms with Gasteiger partial charge in [-0.15, -0.1) is 0 Å². The number of fused-ring (bicyclic) bond motifs is 1. The van der Waals surface area contributed by atoms with Crippen molar-refractivity contribution in [1.29, 1.82) is 0 Å². The van der Waals surface area contributed by atoms with Gasteiger partial charge in [-0.2, -0.15) is 5.10 Å². The van der Waals surface area contributed by atoms with E-state index >= 15 is 0 Å². The summed E-state index contributed by atoms with van der Waals surface area (Å²) in [4.78, 5) is 16.7. The fraction of sp³-hybridized carbons (Fsp3) is 0.0625. The van der Waals surface area contributed by atoms with E-state index in [1.165, 1.54) is 12.3 Å². The molecule has 7 heteroatoms. The predicted molar refractivity (Wildman–Crippen MR) is 89.1 cm³/mol. The maximum Gasteiger partial charge on any atom is 0.290 e. The largest absolute Gasteiger partial charge is 0.294 e. The molecule has 0 aliphatic heterocycles.